The molecule has 21 heavy (non-hydrogen) atoms. The molecular formula is C16H17N5. The molecule has 0 saturated heterocycles. The van der Waals surface area contributed by atoms with E-state index in [2.05, 4.69) is 27.5 Å². The summed E-state index contributed by atoms with van der Waals surface area (Å²) in [5.74, 6) is 0.952. The van der Waals surface area contributed by atoms with Gasteiger partial charge in [0.15, 0.2) is 12.1 Å². The predicted molar refractivity (Wildman–Crippen MR) is 86.2 cm³/mol. The Balaban J connectivity index is 1.82. The van der Waals surface area contributed by atoms with Crippen molar-refractivity contribution in [1.82, 2.24) is 5.32 Å². The van der Waals surface area contributed by atoms with E-state index in [1.54, 1.807) is 0 Å². The van der Waals surface area contributed by atoms with Gasteiger partial charge in [-0.1, -0.05) is 48.0 Å². The van der Waals surface area contributed by atoms with Gasteiger partial charge in [0.1, 0.15) is 0 Å². The highest BCUT2D eigenvalue weighted by Gasteiger charge is 2.16. The third-order valence-electron chi connectivity index (χ3n) is 3.17. The lowest BCUT2D eigenvalue weighted by Crippen LogP contribution is -2.43. The molecule has 1 unspecified atom stereocenters. The van der Waals surface area contributed by atoms with E-state index in [0.717, 1.165) is 11.3 Å². The summed E-state index contributed by atoms with van der Waals surface area (Å²) in [7, 11) is 0. The third-order valence-corrected chi connectivity index (χ3v) is 3.17. The predicted octanol–water partition coefficient (Wildman–Crippen LogP) is 2.38. The molecule has 2 aromatic rings. The van der Waals surface area contributed by atoms with E-state index in [9.17, 15) is 0 Å². The van der Waals surface area contributed by atoms with E-state index < -0.39 is 0 Å². The van der Waals surface area contributed by atoms with Crippen LogP contribution in [0.15, 0.2) is 64.6 Å². The number of aryl methyl sites for hydroxylation is 1. The Morgan fingerprint density at radius 3 is 2.43 bits per heavy atom. The van der Waals surface area contributed by atoms with Gasteiger partial charge in [-0.3, -0.25) is 5.32 Å². The molecule has 0 spiro atoms. The molecule has 106 valence electrons. The summed E-state index contributed by atoms with van der Waals surface area (Å²) in [4.78, 5) is 8.86. The molecule has 1 atom stereocenters. The molecule has 0 amide bonds. The van der Waals surface area contributed by atoms with Crippen molar-refractivity contribution in [2.45, 2.75) is 13.1 Å². The number of hydrogen-bond donors (Lipinski definition) is 3. The lowest BCUT2D eigenvalue weighted by Gasteiger charge is -2.20. The highest BCUT2D eigenvalue weighted by molar-refractivity contribution is 6.05. The van der Waals surface area contributed by atoms with Crippen molar-refractivity contribution in [1.29, 1.82) is 0 Å². The number of nitrogens with one attached hydrogen (secondary N) is 2. The van der Waals surface area contributed by atoms with Crippen molar-refractivity contribution in [2.75, 3.05) is 5.32 Å². The second-order valence-corrected chi connectivity index (χ2v) is 4.89. The van der Waals surface area contributed by atoms with Crippen LogP contribution < -0.4 is 16.4 Å². The molecule has 5 heteroatoms. The first-order valence-corrected chi connectivity index (χ1v) is 6.77. The fraction of sp³-hybridized carbons (Fsp3) is 0.125. The van der Waals surface area contributed by atoms with Crippen LogP contribution in [0.25, 0.3) is 0 Å². The van der Waals surface area contributed by atoms with Gasteiger partial charge in [0.25, 0.3) is 0 Å². The summed E-state index contributed by atoms with van der Waals surface area (Å²) >= 11 is 0. The number of aliphatic imine (C=N–C) groups is 2. The van der Waals surface area contributed by atoms with Gasteiger partial charge in [0.2, 0.25) is 5.96 Å². The molecule has 1 heterocycles. The second-order valence-electron chi connectivity index (χ2n) is 4.89. The molecule has 0 aliphatic carbocycles. The van der Waals surface area contributed by atoms with Gasteiger partial charge in [-0.2, -0.15) is 0 Å². The molecule has 0 fully saturated rings. The Morgan fingerprint density at radius 1 is 1.00 bits per heavy atom. The first-order valence-electron chi connectivity index (χ1n) is 6.77. The summed E-state index contributed by atoms with van der Waals surface area (Å²) in [5.41, 5.74) is 9.02. The van der Waals surface area contributed by atoms with Crippen molar-refractivity contribution in [3.63, 3.8) is 0 Å². The molecule has 0 saturated carbocycles. The summed E-state index contributed by atoms with van der Waals surface area (Å²) in [6.07, 6.45) is -0.319. The van der Waals surface area contributed by atoms with Crippen LogP contribution in [0.3, 0.4) is 0 Å². The molecule has 3 rings (SSSR count). The molecule has 0 aromatic heterocycles. The molecule has 5 nitrogen and oxygen atoms in total. The number of nitrogens with zero attached hydrogens (tertiary/aromatic N) is 2. The van der Waals surface area contributed by atoms with Gasteiger partial charge in [-0.15, -0.1) is 0 Å². The van der Waals surface area contributed by atoms with E-state index in [1.165, 1.54) is 5.56 Å². The van der Waals surface area contributed by atoms with Crippen LogP contribution in [0.1, 0.15) is 17.3 Å². The van der Waals surface area contributed by atoms with Gasteiger partial charge in [0, 0.05) is 5.69 Å². The van der Waals surface area contributed by atoms with E-state index in [0.29, 0.717) is 11.9 Å². The average molecular weight is 279 g/mol. The molecule has 0 radical (unpaired) electrons. The number of hydrogen-bond acceptors (Lipinski definition) is 5. The summed E-state index contributed by atoms with van der Waals surface area (Å²) in [6.45, 7) is 2.05. The van der Waals surface area contributed by atoms with Crippen molar-refractivity contribution < 1.29 is 0 Å². The maximum atomic E-state index is 5.85. The minimum Gasteiger partial charge on any atom is -0.370 e. The zero-order valence-electron chi connectivity index (χ0n) is 11.7. The van der Waals surface area contributed by atoms with Crippen molar-refractivity contribution >= 4 is 17.6 Å². The van der Waals surface area contributed by atoms with Crippen LogP contribution >= 0.6 is 0 Å². The number of nitrogens with two attached hydrogens (primary N) is 1. The Morgan fingerprint density at radius 2 is 1.71 bits per heavy atom. The number of rotatable bonds is 2. The SMILES string of the molecule is Cc1ccc(NC2=NC(c3ccccc3)N=C(N)N2)cc1. The minimum absolute atomic E-state index is 0.319. The summed E-state index contributed by atoms with van der Waals surface area (Å²) in [5, 5.41) is 6.16. The van der Waals surface area contributed by atoms with Gasteiger partial charge < -0.3 is 11.1 Å². The zero-order valence-corrected chi connectivity index (χ0v) is 11.7. The summed E-state index contributed by atoms with van der Waals surface area (Å²) < 4.78 is 0. The molecular weight excluding hydrogens is 262 g/mol. The fourth-order valence-electron chi connectivity index (χ4n) is 2.08. The Bertz CT molecular complexity index is 674. The number of guanidine groups is 2. The maximum absolute atomic E-state index is 5.85. The fourth-order valence-corrected chi connectivity index (χ4v) is 2.08. The van der Waals surface area contributed by atoms with Crippen LogP contribution in [0.5, 0.6) is 0 Å². The van der Waals surface area contributed by atoms with E-state index in [4.69, 9.17) is 5.73 Å². The minimum atomic E-state index is -0.319. The largest absolute Gasteiger partial charge is 0.370 e. The Kier molecular flexibility index (Phi) is 3.55. The molecule has 0 bridgehead atoms. The van der Waals surface area contributed by atoms with Crippen molar-refractivity contribution in [3.05, 3.63) is 65.7 Å². The van der Waals surface area contributed by atoms with Crippen LogP contribution in [0.4, 0.5) is 5.69 Å². The Labute approximate surface area is 123 Å². The van der Waals surface area contributed by atoms with Gasteiger partial charge in [0.05, 0.1) is 0 Å². The van der Waals surface area contributed by atoms with Crippen LogP contribution in [-0.2, 0) is 0 Å². The van der Waals surface area contributed by atoms with E-state index in [-0.39, 0.29) is 6.17 Å². The smallest absolute Gasteiger partial charge is 0.205 e. The van der Waals surface area contributed by atoms with Crippen molar-refractivity contribution in [3.8, 4) is 0 Å². The first kappa shape index (κ1) is 13.2. The maximum Gasteiger partial charge on any atom is 0.205 e. The first-order chi connectivity index (χ1) is 10.2. The zero-order chi connectivity index (χ0) is 14.7. The average Bonchev–Trinajstić information content (AvgIpc) is 2.50. The third kappa shape index (κ3) is 3.20. The molecule has 1 aliphatic heterocycles. The Hall–Kier alpha value is -2.82. The normalized spacial score (nSPS) is 17.5. The molecule has 2 aromatic carbocycles. The van der Waals surface area contributed by atoms with Crippen LogP contribution in [-0.4, -0.2) is 11.9 Å². The monoisotopic (exact) mass is 279 g/mol. The quantitative estimate of drug-likeness (QED) is 0.790. The van der Waals surface area contributed by atoms with Crippen molar-refractivity contribution in [2.24, 2.45) is 15.7 Å². The summed E-state index contributed by atoms with van der Waals surface area (Å²) in [6, 6.07) is 17.9. The van der Waals surface area contributed by atoms with Gasteiger partial charge in [-0.05, 0) is 24.6 Å². The van der Waals surface area contributed by atoms with E-state index >= 15 is 0 Å². The number of anilines is 1. The standard InChI is InChI=1S/C16H17N5/c1-11-7-9-13(10-8-11)18-16-20-14(19-15(17)21-16)12-5-3-2-4-6-12/h2-10,14H,1H3,(H4,17,18,19,20,21). The van der Waals surface area contributed by atoms with Crippen LogP contribution in [0, 0.1) is 6.92 Å². The lowest BCUT2D eigenvalue weighted by atomic mass is 10.2. The topological polar surface area (TPSA) is 74.8 Å². The van der Waals surface area contributed by atoms with E-state index in [1.807, 2.05) is 54.6 Å². The molecule has 4 N–H and O–H groups in total. The van der Waals surface area contributed by atoms with Crippen LogP contribution in [0.2, 0.25) is 0 Å². The number of benzene rings is 2. The highest BCUT2D eigenvalue weighted by Crippen LogP contribution is 2.20. The highest BCUT2D eigenvalue weighted by atomic mass is 15.3. The van der Waals surface area contributed by atoms with Gasteiger partial charge >= 0.3 is 0 Å². The van der Waals surface area contributed by atoms with Gasteiger partial charge in [-0.25, -0.2) is 9.98 Å². The molecule has 1 aliphatic rings. The lowest BCUT2D eigenvalue weighted by molar-refractivity contribution is 0.751. The second kappa shape index (κ2) is 5.66.